The number of carbonyl (C=O) groups is 3. The molecule has 1 aromatic carbocycles. The monoisotopic (exact) mass is 498 g/mol. The zero-order valence-electron chi connectivity index (χ0n) is 20.4. The number of nitrogens with one attached hydrogen (secondary N) is 4. The molecule has 1 aliphatic rings. The van der Waals surface area contributed by atoms with Crippen LogP contribution in [0.15, 0.2) is 44.2 Å². The third-order valence-corrected chi connectivity index (χ3v) is 6.23. The summed E-state index contributed by atoms with van der Waals surface area (Å²) in [5.74, 6) is -1.45. The molecule has 1 saturated heterocycles. The SMILES string of the molecule is COc1cccc2[nH]c(C(=O)N[C@@H](CC(C)C)C(=O)N[C@@H](C[C@@H]3CCNC3=O)c3coc(=O)o3)cc12. The van der Waals surface area contributed by atoms with Crippen LogP contribution in [0, 0.1) is 11.8 Å². The van der Waals surface area contributed by atoms with Gasteiger partial charge in [-0.3, -0.25) is 14.4 Å². The van der Waals surface area contributed by atoms with Crippen LogP contribution in [0.3, 0.4) is 0 Å². The second kappa shape index (κ2) is 10.7. The molecule has 0 bridgehead atoms. The van der Waals surface area contributed by atoms with Gasteiger partial charge >= 0.3 is 5.82 Å². The van der Waals surface area contributed by atoms with Gasteiger partial charge in [0.1, 0.15) is 23.7 Å². The Labute approximate surface area is 206 Å². The highest BCUT2D eigenvalue weighted by atomic mass is 16.6. The first-order valence-corrected chi connectivity index (χ1v) is 11.9. The van der Waals surface area contributed by atoms with Crippen molar-refractivity contribution < 1.29 is 28.0 Å². The summed E-state index contributed by atoms with van der Waals surface area (Å²) in [6.07, 6.45) is 2.33. The minimum Gasteiger partial charge on any atom is -0.496 e. The van der Waals surface area contributed by atoms with Gasteiger partial charge in [0.25, 0.3) is 5.91 Å². The zero-order chi connectivity index (χ0) is 25.8. The molecule has 0 saturated carbocycles. The number of aromatic nitrogens is 1. The van der Waals surface area contributed by atoms with E-state index in [1.807, 2.05) is 26.0 Å². The molecular weight excluding hydrogens is 468 g/mol. The van der Waals surface area contributed by atoms with E-state index >= 15 is 0 Å². The van der Waals surface area contributed by atoms with E-state index in [4.69, 9.17) is 13.6 Å². The molecule has 11 nitrogen and oxygen atoms in total. The number of hydrogen-bond donors (Lipinski definition) is 4. The number of benzene rings is 1. The largest absolute Gasteiger partial charge is 0.518 e. The summed E-state index contributed by atoms with van der Waals surface area (Å²) >= 11 is 0. The molecule has 0 radical (unpaired) electrons. The summed E-state index contributed by atoms with van der Waals surface area (Å²) in [5, 5.41) is 9.16. The molecule has 1 fully saturated rings. The van der Waals surface area contributed by atoms with E-state index in [9.17, 15) is 19.2 Å². The van der Waals surface area contributed by atoms with Gasteiger partial charge < -0.3 is 34.5 Å². The number of ether oxygens (including phenoxy) is 1. The van der Waals surface area contributed by atoms with E-state index in [0.717, 1.165) is 17.2 Å². The summed E-state index contributed by atoms with van der Waals surface area (Å²) in [4.78, 5) is 53.1. The molecule has 0 spiro atoms. The zero-order valence-corrected chi connectivity index (χ0v) is 20.4. The van der Waals surface area contributed by atoms with Crippen molar-refractivity contribution in [1.29, 1.82) is 0 Å². The average molecular weight is 499 g/mol. The lowest BCUT2D eigenvalue weighted by Gasteiger charge is -2.24. The quantitative estimate of drug-likeness (QED) is 0.334. The number of H-pyrrole nitrogens is 1. The lowest BCUT2D eigenvalue weighted by atomic mass is 9.96. The van der Waals surface area contributed by atoms with Crippen molar-refractivity contribution in [3.8, 4) is 5.75 Å². The Morgan fingerprint density at radius 3 is 2.67 bits per heavy atom. The molecule has 3 aromatic rings. The van der Waals surface area contributed by atoms with Crippen LogP contribution in [0.25, 0.3) is 10.9 Å². The Morgan fingerprint density at radius 2 is 2.03 bits per heavy atom. The fraction of sp³-hybridized carbons (Fsp3) is 0.440. The van der Waals surface area contributed by atoms with E-state index < -0.39 is 29.7 Å². The smallest absolute Gasteiger partial charge is 0.496 e. The normalized spacial score (nSPS) is 17.1. The number of carbonyl (C=O) groups excluding carboxylic acids is 3. The molecule has 0 unspecified atom stereocenters. The molecule has 3 amide bonds. The van der Waals surface area contributed by atoms with Gasteiger partial charge in [0.05, 0.1) is 13.2 Å². The highest BCUT2D eigenvalue weighted by molar-refractivity contribution is 6.01. The predicted octanol–water partition coefficient (Wildman–Crippen LogP) is 2.25. The van der Waals surface area contributed by atoms with Gasteiger partial charge in [-0.15, -0.1) is 0 Å². The minimum absolute atomic E-state index is 0.0924. The van der Waals surface area contributed by atoms with Crippen molar-refractivity contribution in [3.63, 3.8) is 0 Å². The molecule has 0 aliphatic carbocycles. The Bertz CT molecular complexity index is 1300. The van der Waals surface area contributed by atoms with Gasteiger partial charge in [0.2, 0.25) is 11.8 Å². The average Bonchev–Trinajstić information content (AvgIpc) is 3.57. The molecule has 3 heterocycles. The predicted molar refractivity (Wildman–Crippen MR) is 129 cm³/mol. The standard InChI is InChI=1S/C25H30N4O7/c1-13(2)9-18(29-24(32)19-11-15-16(27-19)5-4-6-20(15)34-3)23(31)28-17(21-12-35-25(33)36-21)10-14-7-8-26-22(14)30/h4-6,11-14,17-18,27H,7-10H2,1-3H3,(H,26,30)(H,28,31)(H,29,32)/t14-,17-,18-/m0/s1. The van der Waals surface area contributed by atoms with Crippen molar-refractivity contribution in [2.24, 2.45) is 11.8 Å². The van der Waals surface area contributed by atoms with Crippen molar-refractivity contribution in [2.75, 3.05) is 13.7 Å². The molecule has 1 aliphatic heterocycles. The maximum absolute atomic E-state index is 13.4. The van der Waals surface area contributed by atoms with Gasteiger partial charge in [-0.2, -0.15) is 0 Å². The molecule has 4 N–H and O–H groups in total. The fourth-order valence-electron chi connectivity index (χ4n) is 4.44. The van der Waals surface area contributed by atoms with E-state index in [2.05, 4.69) is 20.9 Å². The van der Waals surface area contributed by atoms with Crippen LogP contribution in [0.5, 0.6) is 5.75 Å². The topological polar surface area (TPSA) is 156 Å². The van der Waals surface area contributed by atoms with Crippen molar-refractivity contribution in [2.45, 2.75) is 45.2 Å². The molecule has 3 atom stereocenters. The molecule has 36 heavy (non-hydrogen) atoms. The number of fused-ring (bicyclic) bond motifs is 1. The Balaban J connectivity index is 1.53. The van der Waals surface area contributed by atoms with Gasteiger partial charge in [-0.25, -0.2) is 4.79 Å². The third-order valence-electron chi connectivity index (χ3n) is 6.23. The first-order valence-electron chi connectivity index (χ1n) is 11.9. The lowest BCUT2D eigenvalue weighted by Crippen LogP contribution is -2.48. The van der Waals surface area contributed by atoms with E-state index in [-0.39, 0.29) is 35.6 Å². The highest BCUT2D eigenvalue weighted by Gasteiger charge is 2.33. The highest BCUT2D eigenvalue weighted by Crippen LogP contribution is 2.27. The van der Waals surface area contributed by atoms with E-state index in [0.29, 0.717) is 25.1 Å². The van der Waals surface area contributed by atoms with Crippen molar-refractivity contribution in [1.82, 2.24) is 20.9 Å². The van der Waals surface area contributed by atoms with Gasteiger partial charge in [0.15, 0.2) is 5.76 Å². The number of rotatable bonds is 10. The van der Waals surface area contributed by atoms with Crippen LogP contribution < -0.4 is 26.5 Å². The summed E-state index contributed by atoms with van der Waals surface area (Å²) in [7, 11) is 1.55. The first kappa shape index (κ1) is 25.1. The second-order valence-corrected chi connectivity index (χ2v) is 9.32. The van der Waals surface area contributed by atoms with Crippen molar-refractivity contribution >= 4 is 28.6 Å². The summed E-state index contributed by atoms with van der Waals surface area (Å²) in [6.45, 7) is 4.42. The number of amides is 3. The Kier molecular flexibility index (Phi) is 7.47. The van der Waals surface area contributed by atoms with Crippen LogP contribution in [-0.2, 0) is 9.59 Å². The van der Waals surface area contributed by atoms with Gasteiger partial charge in [-0.1, -0.05) is 19.9 Å². The first-order chi connectivity index (χ1) is 17.2. The van der Waals surface area contributed by atoms with Crippen LogP contribution in [0.4, 0.5) is 0 Å². The number of hydrogen-bond acceptors (Lipinski definition) is 7. The van der Waals surface area contributed by atoms with Crippen LogP contribution >= 0.6 is 0 Å². The maximum atomic E-state index is 13.4. The fourth-order valence-corrected chi connectivity index (χ4v) is 4.44. The molecule has 11 heteroatoms. The third kappa shape index (κ3) is 5.61. The summed E-state index contributed by atoms with van der Waals surface area (Å²) in [6, 6.07) is 5.47. The Hall–Kier alpha value is -4.02. The van der Waals surface area contributed by atoms with Crippen LogP contribution in [-0.4, -0.2) is 42.4 Å². The van der Waals surface area contributed by atoms with Gasteiger partial charge in [-0.05, 0) is 43.4 Å². The van der Waals surface area contributed by atoms with E-state index in [1.54, 1.807) is 19.2 Å². The number of aromatic amines is 1. The van der Waals surface area contributed by atoms with Crippen LogP contribution in [0.2, 0.25) is 0 Å². The minimum atomic E-state index is -0.901. The van der Waals surface area contributed by atoms with Crippen LogP contribution in [0.1, 0.15) is 55.4 Å². The van der Waals surface area contributed by atoms with Crippen molar-refractivity contribution in [3.05, 3.63) is 52.6 Å². The Morgan fingerprint density at radius 1 is 1.22 bits per heavy atom. The molecule has 2 aromatic heterocycles. The lowest BCUT2D eigenvalue weighted by molar-refractivity contribution is -0.126. The maximum Gasteiger partial charge on any atom is 0.518 e. The molecular formula is C25H30N4O7. The van der Waals surface area contributed by atoms with Gasteiger partial charge in [0, 0.05) is 23.4 Å². The van der Waals surface area contributed by atoms with E-state index in [1.165, 1.54) is 0 Å². The molecule has 192 valence electrons. The summed E-state index contributed by atoms with van der Waals surface area (Å²) < 4.78 is 15.2. The second-order valence-electron chi connectivity index (χ2n) is 9.32. The number of methoxy groups -OCH3 is 1. The molecule has 4 rings (SSSR count). The summed E-state index contributed by atoms with van der Waals surface area (Å²) in [5.41, 5.74) is 1.02.